The minimum atomic E-state index is -0.296. The molecule has 4 aromatic carbocycles. The standard InChI is InChI=1S/C28H22FN3O/c29-23-12-15-27-26(18-23)28(32-19-31-27)30-17-16-20-6-8-21(9-7-20)22-10-13-25(14-11-22)33-24-4-2-1-3-5-24/h1-15,18-19H,16-17H2,(H,30,31,32). The molecule has 5 aromatic rings. The summed E-state index contributed by atoms with van der Waals surface area (Å²) < 4.78 is 19.5. The summed E-state index contributed by atoms with van der Waals surface area (Å²) in [5.74, 6) is 1.98. The highest BCUT2D eigenvalue weighted by Crippen LogP contribution is 2.26. The van der Waals surface area contributed by atoms with Crippen LogP contribution in [0, 0.1) is 5.82 Å². The monoisotopic (exact) mass is 435 g/mol. The fourth-order valence-electron chi connectivity index (χ4n) is 3.70. The van der Waals surface area contributed by atoms with Gasteiger partial charge < -0.3 is 10.1 Å². The Morgan fingerprint density at radius 3 is 2.18 bits per heavy atom. The average Bonchev–Trinajstić information content (AvgIpc) is 2.86. The van der Waals surface area contributed by atoms with E-state index in [1.807, 2.05) is 42.5 Å². The number of benzene rings is 4. The van der Waals surface area contributed by atoms with Gasteiger partial charge in [0.1, 0.15) is 29.5 Å². The summed E-state index contributed by atoms with van der Waals surface area (Å²) in [6.07, 6.45) is 2.32. The maximum atomic E-state index is 13.6. The number of nitrogens with zero attached hydrogens (tertiary/aromatic N) is 2. The van der Waals surface area contributed by atoms with Crippen LogP contribution in [0.3, 0.4) is 0 Å². The van der Waals surface area contributed by atoms with Gasteiger partial charge in [-0.2, -0.15) is 0 Å². The van der Waals surface area contributed by atoms with Gasteiger partial charge in [-0.3, -0.25) is 0 Å². The van der Waals surface area contributed by atoms with Gasteiger partial charge in [0.05, 0.1) is 5.52 Å². The molecule has 33 heavy (non-hydrogen) atoms. The van der Waals surface area contributed by atoms with E-state index in [2.05, 4.69) is 51.7 Å². The van der Waals surface area contributed by atoms with Gasteiger partial charge in [0.25, 0.3) is 0 Å². The van der Waals surface area contributed by atoms with Crippen molar-refractivity contribution in [2.45, 2.75) is 6.42 Å². The second-order valence-corrected chi connectivity index (χ2v) is 7.70. The lowest BCUT2D eigenvalue weighted by Gasteiger charge is -2.09. The van der Waals surface area contributed by atoms with Gasteiger partial charge in [0.2, 0.25) is 0 Å². The summed E-state index contributed by atoms with van der Waals surface area (Å²) in [6.45, 7) is 0.688. The molecule has 0 bridgehead atoms. The molecular weight excluding hydrogens is 413 g/mol. The zero-order valence-electron chi connectivity index (χ0n) is 17.9. The molecule has 4 nitrogen and oxygen atoms in total. The molecule has 0 atom stereocenters. The number of rotatable bonds is 7. The molecule has 0 unspecified atom stereocenters. The topological polar surface area (TPSA) is 47.0 Å². The van der Waals surface area contributed by atoms with Gasteiger partial charge in [0.15, 0.2) is 0 Å². The Hall–Kier alpha value is -4.25. The SMILES string of the molecule is Fc1ccc2ncnc(NCCc3ccc(-c4ccc(Oc5ccccc5)cc4)cc3)c2c1. The van der Waals surface area contributed by atoms with Crippen molar-refractivity contribution in [3.05, 3.63) is 115 Å². The van der Waals surface area contributed by atoms with Gasteiger partial charge >= 0.3 is 0 Å². The number of anilines is 1. The van der Waals surface area contributed by atoms with Crippen LogP contribution in [0.1, 0.15) is 5.56 Å². The third-order valence-corrected chi connectivity index (χ3v) is 5.42. The van der Waals surface area contributed by atoms with E-state index in [0.29, 0.717) is 17.7 Å². The number of fused-ring (bicyclic) bond motifs is 1. The third-order valence-electron chi connectivity index (χ3n) is 5.42. The molecule has 0 saturated heterocycles. The molecular formula is C28H22FN3O. The molecule has 0 saturated carbocycles. The smallest absolute Gasteiger partial charge is 0.137 e. The van der Waals surface area contributed by atoms with Crippen molar-refractivity contribution in [2.75, 3.05) is 11.9 Å². The first-order chi connectivity index (χ1) is 16.2. The zero-order valence-corrected chi connectivity index (χ0v) is 17.9. The van der Waals surface area contributed by atoms with Crippen molar-refractivity contribution in [3.63, 3.8) is 0 Å². The average molecular weight is 436 g/mol. The number of ether oxygens (including phenoxy) is 1. The summed E-state index contributed by atoms with van der Waals surface area (Å²) in [6, 6.07) is 30.9. The second-order valence-electron chi connectivity index (χ2n) is 7.70. The molecule has 0 fully saturated rings. The quantitative estimate of drug-likeness (QED) is 0.303. The van der Waals surface area contributed by atoms with E-state index >= 15 is 0 Å². The van der Waals surface area contributed by atoms with Crippen molar-refractivity contribution in [1.82, 2.24) is 9.97 Å². The van der Waals surface area contributed by atoms with Gasteiger partial charge in [-0.25, -0.2) is 14.4 Å². The number of hydrogen-bond donors (Lipinski definition) is 1. The van der Waals surface area contributed by atoms with Crippen molar-refractivity contribution in [2.24, 2.45) is 0 Å². The lowest BCUT2D eigenvalue weighted by molar-refractivity contribution is 0.483. The minimum absolute atomic E-state index is 0.296. The summed E-state index contributed by atoms with van der Waals surface area (Å²) in [4.78, 5) is 8.46. The van der Waals surface area contributed by atoms with Crippen molar-refractivity contribution in [3.8, 4) is 22.6 Å². The van der Waals surface area contributed by atoms with E-state index in [1.54, 1.807) is 6.07 Å². The van der Waals surface area contributed by atoms with Crippen LogP contribution in [0.15, 0.2) is 103 Å². The molecule has 5 heteroatoms. The number of nitrogens with one attached hydrogen (secondary N) is 1. The van der Waals surface area contributed by atoms with Crippen LogP contribution in [0.4, 0.5) is 10.2 Å². The Labute approximate surface area is 191 Å². The van der Waals surface area contributed by atoms with Crippen molar-refractivity contribution >= 4 is 16.7 Å². The molecule has 1 N–H and O–H groups in total. The van der Waals surface area contributed by atoms with E-state index in [9.17, 15) is 4.39 Å². The van der Waals surface area contributed by atoms with E-state index in [4.69, 9.17) is 4.74 Å². The zero-order chi connectivity index (χ0) is 22.5. The third kappa shape index (κ3) is 4.99. The second kappa shape index (κ2) is 9.49. The normalized spacial score (nSPS) is 10.8. The van der Waals surface area contributed by atoms with Crippen molar-refractivity contribution < 1.29 is 9.13 Å². The van der Waals surface area contributed by atoms with Gasteiger partial charge in [-0.1, -0.05) is 54.6 Å². The van der Waals surface area contributed by atoms with Crippen LogP contribution in [-0.4, -0.2) is 16.5 Å². The van der Waals surface area contributed by atoms with Gasteiger partial charge in [0, 0.05) is 11.9 Å². The molecule has 0 aliphatic rings. The predicted octanol–water partition coefficient (Wildman–Crippen LogP) is 6.88. The highest BCUT2D eigenvalue weighted by atomic mass is 19.1. The highest BCUT2D eigenvalue weighted by molar-refractivity contribution is 5.88. The molecule has 0 aliphatic carbocycles. The fourth-order valence-corrected chi connectivity index (χ4v) is 3.70. The van der Waals surface area contributed by atoms with Gasteiger partial charge in [-0.05, 0) is 65.6 Å². The first-order valence-electron chi connectivity index (χ1n) is 10.8. The number of aromatic nitrogens is 2. The molecule has 0 radical (unpaired) electrons. The number of hydrogen-bond acceptors (Lipinski definition) is 4. The summed E-state index contributed by atoms with van der Waals surface area (Å²) in [7, 11) is 0. The van der Waals surface area contributed by atoms with E-state index < -0.39 is 0 Å². The minimum Gasteiger partial charge on any atom is -0.457 e. The number of halogens is 1. The van der Waals surface area contributed by atoms with E-state index in [0.717, 1.165) is 34.6 Å². The Kier molecular flexibility index (Phi) is 5.93. The van der Waals surface area contributed by atoms with Gasteiger partial charge in [-0.15, -0.1) is 0 Å². The summed E-state index contributed by atoms with van der Waals surface area (Å²) in [5, 5.41) is 3.99. The molecule has 5 rings (SSSR count). The maximum absolute atomic E-state index is 13.6. The van der Waals surface area contributed by atoms with Crippen LogP contribution >= 0.6 is 0 Å². The van der Waals surface area contributed by atoms with E-state index in [1.165, 1.54) is 24.0 Å². The molecule has 1 heterocycles. The lowest BCUT2D eigenvalue weighted by Crippen LogP contribution is -2.07. The van der Waals surface area contributed by atoms with Crippen LogP contribution in [0.5, 0.6) is 11.5 Å². The molecule has 162 valence electrons. The highest BCUT2D eigenvalue weighted by Gasteiger charge is 2.05. The Morgan fingerprint density at radius 2 is 1.42 bits per heavy atom. The van der Waals surface area contributed by atoms with E-state index in [-0.39, 0.29) is 5.82 Å². The molecule has 0 aliphatic heterocycles. The predicted molar refractivity (Wildman–Crippen MR) is 130 cm³/mol. The Bertz CT molecular complexity index is 1350. The summed E-state index contributed by atoms with van der Waals surface area (Å²) in [5.41, 5.74) is 4.21. The molecule has 0 spiro atoms. The first-order valence-corrected chi connectivity index (χ1v) is 10.8. The maximum Gasteiger partial charge on any atom is 0.137 e. The molecule has 1 aromatic heterocycles. The van der Waals surface area contributed by atoms with Crippen LogP contribution in [0.25, 0.3) is 22.0 Å². The van der Waals surface area contributed by atoms with Crippen LogP contribution in [-0.2, 0) is 6.42 Å². The first kappa shape index (κ1) is 20.6. The lowest BCUT2D eigenvalue weighted by atomic mass is 10.0. The van der Waals surface area contributed by atoms with Crippen LogP contribution < -0.4 is 10.1 Å². The largest absolute Gasteiger partial charge is 0.457 e. The van der Waals surface area contributed by atoms with Crippen molar-refractivity contribution in [1.29, 1.82) is 0 Å². The Morgan fingerprint density at radius 1 is 0.727 bits per heavy atom. The fraction of sp³-hybridized carbons (Fsp3) is 0.0714. The summed E-state index contributed by atoms with van der Waals surface area (Å²) >= 11 is 0. The number of para-hydroxylation sites is 1. The molecule has 0 amide bonds. The van der Waals surface area contributed by atoms with Crippen LogP contribution in [0.2, 0.25) is 0 Å². The Balaban J connectivity index is 1.20.